The zero-order chi connectivity index (χ0) is 22.7. The Hall–Kier alpha value is -2.28. The molecule has 2 aromatic carbocycles. The van der Waals surface area contributed by atoms with Crippen LogP contribution >= 0.6 is 23.2 Å². The van der Waals surface area contributed by atoms with Crippen LogP contribution in [0.5, 0.6) is 5.75 Å². The van der Waals surface area contributed by atoms with Crippen LogP contribution in [0.15, 0.2) is 42.5 Å². The number of benzene rings is 2. The van der Waals surface area contributed by atoms with Gasteiger partial charge in [0.25, 0.3) is 5.91 Å². The molecule has 3 atom stereocenters. The largest absolute Gasteiger partial charge is 0.483 e. The van der Waals surface area contributed by atoms with Gasteiger partial charge in [0.05, 0.1) is 6.42 Å². The van der Waals surface area contributed by atoms with Crippen molar-refractivity contribution < 1.29 is 14.3 Å². The predicted octanol–water partition coefficient (Wildman–Crippen LogP) is 3.71. The maximum Gasteiger partial charge on any atom is 0.258 e. The summed E-state index contributed by atoms with van der Waals surface area (Å²) >= 11 is 12.0. The van der Waals surface area contributed by atoms with Crippen molar-refractivity contribution in [3.05, 3.63) is 63.6 Å². The van der Waals surface area contributed by atoms with E-state index in [4.69, 9.17) is 33.7 Å². The van der Waals surface area contributed by atoms with Crippen molar-refractivity contribution in [3.63, 3.8) is 0 Å². The van der Waals surface area contributed by atoms with E-state index in [1.807, 2.05) is 12.1 Å². The number of fused-ring (bicyclic) bond motifs is 2. The lowest BCUT2D eigenvalue weighted by molar-refractivity contribution is -0.124. The van der Waals surface area contributed by atoms with E-state index >= 15 is 0 Å². The minimum atomic E-state index is -0.484. The first-order chi connectivity index (χ1) is 15.4. The molecule has 170 valence electrons. The van der Waals surface area contributed by atoms with Crippen molar-refractivity contribution in [1.82, 2.24) is 10.2 Å². The molecule has 0 radical (unpaired) electrons. The fourth-order valence-corrected chi connectivity index (χ4v) is 5.20. The normalized spacial score (nSPS) is 22.5. The molecule has 0 unspecified atom stereocenters. The van der Waals surface area contributed by atoms with Gasteiger partial charge >= 0.3 is 0 Å². The van der Waals surface area contributed by atoms with Crippen molar-refractivity contribution in [2.24, 2.45) is 5.73 Å². The Bertz CT molecular complexity index is 969. The molecule has 6 nitrogen and oxygen atoms in total. The van der Waals surface area contributed by atoms with E-state index in [9.17, 15) is 9.59 Å². The Morgan fingerprint density at radius 3 is 2.34 bits per heavy atom. The second-order valence-electron chi connectivity index (χ2n) is 8.60. The fourth-order valence-electron chi connectivity index (χ4n) is 4.88. The quantitative estimate of drug-likeness (QED) is 0.609. The molecule has 2 aliphatic rings. The number of carbonyl (C=O) groups is 2. The number of amides is 2. The number of nitrogens with two attached hydrogens (primary N) is 1. The minimum absolute atomic E-state index is 0.00690. The van der Waals surface area contributed by atoms with Gasteiger partial charge in [0.1, 0.15) is 5.75 Å². The average molecular weight is 476 g/mol. The molecule has 2 heterocycles. The van der Waals surface area contributed by atoms with E-state index in [2.05, 4.69) is 22.3 Å². The lowest BCUT2D eigenvalue weighted by Gasteiger charge is -2.39. The van der Waals surface area contributed by atoms with Crippen molar-refractivity contribution in [2.45, 2.75) is 56.8 Å². The first-order valence-corrected chi connectivity index (χ1v) is 11.6. The van der Waals surface area contributed by atoms with E-state index in [0.29, 0.717) is 28.4 Å². The van der Waals surface area contributed by atoms with E-state index in [1.54, 1.807) is 18.2 Å². The van der Waals surface area contributed by atoms with Gasteiger partial charge in [-0.25, -0.2) is 0 Å². The third-order valence-electron chi connectivity index (χ3n) is 6.27. The summed E-state index contributed by atoms with van der Waals surface area (Å²) in [7, 11) is 0. The van der Waals surface area contributed by atoms with E-state index < -0.39 is 5.91 Å². The van der Waals surface area contributed by atoms with Gasteiger partial charge in [-0.15, -0.1) is 0 Å². The second-order valence-corrected chi connectivity index (χ2v) is 9.48. The summed E-state index contributed by atoms with van der Waals surface area (Å²) in [5.74, 6) is -0.205. The SMILES string of the molecule is NC(=O)Cc1cc(Cl)ccc1OCC(=O)N[C@H]1C[C@H]2CC[C@@H](C1)N2Cc1ccc(Cl)cc1. The number of nitrogens with zero attached hydrogens (tertiary/aromatic N) is 1. The van der Waals surface area contributed by atoms with Gasteiger partial charge in [-0.3, -0.25) is 14.5 Å². The van der Waals surface area contributed by atoms with E-state index in [-0.39, 0.29) is 25.0 Å². The molecule has 2 fully saturated rings. The van der Waals surface area contributed by atoms with Crippen LogP contribution in [0.25, 0.3) is 0 Å². The number of rotatable bonds is 8. The van der Waals surface area contributed by atoms with Crippen LogP contribution in [0.4, 0.5) is 0 Å². The molecule has 2 amide bonds. The van der Waals surface area contributed by atoms with Crippen molar-refractivity contribution >= 4 is 35.0 Å². The Labute approximate surface area is 198 Å². The lowest BCUT2D eigenvalue weighted by Crippen LogP contribution is -2.50. The van der Waals surface area contributed by atoms with Gasteiger partial charge in [-0.2, -0.15) is 0 Å². The highest BCUT2D eigenvalue weighted by Crippen LogP contribution is 2.37. The molecule has 3 N–H and O–H groups in total. The average Bonchev–Trinajstić information content (AvgIpc) is 2.96. The molecule has 0 aliphatic carbocycles. The molecule has 2 aromatic rings. The van der Waals surface area contributed by atoms with E-state index in [1.165, 1.54) is 5.56 Å². The maximum atomic E-state index is 12.5. The number of hydrogen-bond donors (Lipinski definition) is 2. The van der Waals surface area contributed by atoms with Crippen LogP contribution in [0, 0.1) is 0 Å². The molecule has 4 rings (SSSR count). The summed E-state index contributed by atoms with van der Waals surface area (Å²) < 4.78 is 5.68. The molecule has 32 heavy (non-hydrogen) atoms. The highest BCUT2D eigenvalue weighted by molar-refractivity contribution is 6.30. The van der Waals surface area contributed by atoms with Gasteiger partial charge in [-0.05, 0) is 61.6 Å². The van der Waals surface area contributed by atoms with Crippen molar-refractivity contribution in [1.29, 1.82) is 0 Å². The summed E-state index contributed by atoms with van der Waals surface area (Å²) in [6, 6.07) is 14.0. The number of nitrogens with one attached hydrogen (secondary N) is 1. The first-order valence-electron chi connectivity index (χ1n) is 10.9. The van der Waals surface area contributed by atoms with Gasteiger partial charge in [0, 0.05) is 40.3 Å². The summed E-state index contributed by atoms with van der Waals surface area (Å²) in [5, 5.41) is 4.36. The standard InChI is InChI=1S/C24H27Cl2N3O3/c25-17-3-1-15(2-4-17)13-29-20-6-7-21(29)12-19(11-20)28-24(31)14-32-22-8-5-18(26)9-16(22)10-23(27)30/h1-5,8-9,19-21H,6-7,10-14H2,(H2,27,30)(H,28,31)/t19-,20+,21-. The Morgan fingerprint density at radius 2 is 1.69 bits per heavy atom. The van der Waals surface area contributed by atoms with Gasteiger partial charge in [0.15, 0.2) is 6.61 Å². The smallest absolute Gasteiger partial charge is 0.258 e. The molecule has 8 heteroatoms. The lowest BCUT2D eigenvalue weighted by atomic mass is 9.96. The van der Waals surface area contributed by atoms with Gasteiger partial charge in [0.2, 0.25) is 5.91 Å². The predicted molar refractivity (Wildman–Crippen MR) is 125 cm³/mol. The second kappa shape index (κ2) is 10.1. The third kappa shape index (κ3) is 5.74. The molecular weight excluding hydrogens is 449 g/mol. The zero-order valence-electron chi connectivity index (χ0n) is 17.7. The van der Waals surface area contributed by atoms with E-state index in [0.717, 1.165) is 37.3 Å². The first kappa shape index (κ1) is 22.9. The molecule has 0 aromatic heterocycles. The molecule has 2 bridgehead atoms. The van der Waals surface area contributed by atoms with Crippen LogP contribution in [-0.2, 0) is 22.6 Å². The highest BCUT2D eigenvalue weighted by Gasteiger charge is 2.40. The minimum Gasteiger partial charge on any atom is -0.483 e. The number of carbonyl (C=O) groups excluding carboxylic acids is 2. The van der Waals surface area contributed by atoms with Crippen LogP contribution in [-0.4, -0.2) is 41.4 Å². The molecule has 2 aliphatic heterocycles. The summed E-state index contributed by atoms with van der Waals surface area (Å²) in [6.07, 6.45) is 4.19. The monoisotopic (exact) mass is 475 g/mol. The fraction of sp³-hybridized carbons (Fsp3) is 0.417. The van der Waals surface area contributed by atoms with Gasteiger partial charge < -0.3 is 15.8 Å². The van der Waals surface area contributed by atoms with Crippen molar-refractivity contribution in [3.8, 4) is 5.75 Å². The van der Waals surface area contributed by atoms with Crippen LogP contribution in [0.1, 0.15) is 36.8 Å². The number of halogens is 2. The van der Waals surface area contributed by atoms with Crippen LogP contribution in [0.2, 0.25) is 10.0 Å². The van der Waals surface area contributed by atoms with Gasteiger partial charge in [-0.1, -0.05) is 35.3 Å². The number of ether oxygens (including phenoxy) is 1. The molecular formula is C24H27Cl2N3O3. The maximum absolute atomic E-state index is 12.5. The third-order valence-corrected chi connectivity index (χ3v) is 6.76. The van der Waals surface area contributed by atoms with Crippen LogP contribution in [0.3, 0.4) is 0 Å². The number of hydrogen-bond acceptors (Lipinski definition) is 4. The summed E-state index contributed by atoms with van der Waals surface area (Å²) in [4.78, 5) is 26.4. The Balaban J connectivity index is 1.29. The van der Waals surface area contributed by atoms with Crippen LogP contribution < -0.4 is 15.8 Å². The Morgan fingerprint density at radius 1 is 1.03 bits per heavy atom. The Kier molecular flexibility index (Phi) is 7.23. The number of piperidine rings is 1. The van der Waals surface area contributed by atoms with Crippen molar-refractivity contribution in [2.75, 3.05) is 6.61 Å². The molecule has 2 saturated heterocycles. The highest BCUT2D eigenvalue weighted by atomic mass is 35.5. The molecule has 0 saturated carbocycles. The zero-order valence-corrected chi connectivity index (χ0v) is 19.2. The molecule has 0 spiro atoms. The topological polar surface area (TPSA) is 84.7 Å². The summed E-state index contributed by atoms with van der Waals surface area (Å²) in [6.45, 7) is 0.795. The summed E-state index contributed by atoms with van der Waals surface area (Å²) in [5.41, 5.74) is 7.13. The number of primary amides is 1.